The van der Waals surface area contributed by atoms with Crippen molar-refractivity contribution in [3.63, 3.8) is 0 Å². The summed E-state index contributed by atoms with van der Waals surface area (Å²) in [6, 6.07) is 1.66. The van der Waals surface area contributed by atoms with E-state index < -0.39 is 0 Å². The van der Waals surface area contributed by atoms with Crippen LogP contribution in [0, 0.1) is 5.92 Å². The van der Waals surface area contributed by atoms with Crippen molar-refractivity contribution in [2.24, 2.45) is 5.92 Å². The van der Waals surface area contributed by atoms with E-state index in [4.69, 9.17) is 9.26 Å². The molecule has 1 aromatic rings. The second-order valence-electron chi connectivity index (χ2n) is 5.49. The molecule has 7 heteroatoms. The summed E-state index contributed by atoms with van der Waals surface area (Å²) in [6.45, 7) is 6.07. The molecule has 1 fully saturated rings. The Morgan fingerprint density at radius 3 is 3.05 bits per heavy atom. The second-order valence-corrected chi connectivity index (χ2v) is 5.49. The number of ether oxygens (including phenoxy) is 1. The van der Waals surface area contributed by atoms with E-state index in [0.717, 1.165) is 18.5 Å². The van der Waals surface area contributed by atoms with E-state index in [2.05, 4.69) is 24.3 Å². The monoisotopic (exact) mass is 295 g/mol. The molecule has 1 aromatic heterocycles. The van der Waals surface area contributed by atoms with Gasteiger partial charge in [-0.1, -0.05) is 19.0 Å². The SMILES string of the molecule is CC(C)Cc1cc(C(=O)NCCN2CCCOC2=O)on1. The minimum atomic E-state index is -0.325. The van der Waals surface area contributed by atoms with Crippen molar-refractivity contribution in [3.05, 3.63) is 17.5 Å². The van der Waals surface area contributed by atoms with Gasteiger partial charge in [0.15, 0.2) is 0 Å². The van der Waals surface area contributed by atoms with E-state index in [1.165, 1.54) is 0 Å². The molecule has 0 aromatic carbocycles. The average molecular weight is 295 g/mol. The Kier molecular flexibility index (Phi) is 5.19. The van der Waals surface area contributed by atoms with Gasteiger partial charge in [-0.05, 0) is 18.8 Å². The summed E-state index contributed by atoms with van der Waals surface area (Å²) in [5.74, 6) is 0.339. The molecule has 1 N–H and O–H groups in total. The lowest BCUT2D eigenvalue weighted by Crippen LogP contribution is -2.42. The highest BCUT2D eigenvalue weighted by atomic mass is 16.6. The molecule has 7 nitrogen and oxygen atoms in total. The Morgan fingerprint density at radius 1 is 1.52 bits per heavy atom. The zero-order chi connectivity index (χ0) is 15.2. The molecule has 2 heterocycles. The summed E-state index contributed by atoms with van der Waals surface area (Å²) >= 11 is 0. The third kappa shape index (κ3) is 4.47. The smallest absolute Gasteiger partial charge is 0.409 e. The van der Waals surface area contributed by atoms with Crippen LogP contribution in [-0.2, 0) is 11.2 Å². The van der Waals surface area contributed by atoms with E-state index in [0.29, 0.717) is 32.2 Å². The molecule has 0 atom stereocenters. The quantitative estimate of drug-likeness (QED) is 0.858. The van der Waals surface area contributed by atoms with Crippen LogP contribution in [0.25, 0.3) is 0 Å². The van der Waals surface area contributed by atoms with Gasteiger partial charge in [0.25, 0.3) is 5.91 Å². The van der Waals surface area contributed by atoms with Crippen LogP contribution in [0.3, 0.4) is 0 Å². The maximum atomic E-state index is 11.9. The number of nitrogens with zero attached hydrogens (tertiary/aromatic N) is 2. The summed E-state index contributed by atoms with van der Waals surface area (Å²) < 4.78 is 9.94. The molecule has 0 spiro atoms. The Labute approximate surface area is 123 Å². The number of nitrogens with one attached hydrogen (secondary N) is 1. The predicted octanol–water partition coefficient (Wildman–Crippen LogP) is 1.45. The highest BCUT2D eigenvalue weighted by Gasteiger charge is 2.19. The summed E-state index contributed by atoms with van der Waals surface area (Å²) in [5, 5.41) is 6.58. The summed E-state index contributed by atoms with van der Waals surface area (Å²) in [5.41, 5.74) is 0.773. The lowest BCUT2D eigenvalue weighted by Gasteiger charge is -2.26. The number of carbonyl (C=O) groups is 2. The summed E-state index contributed by atoms with van der Waals surface area (Å²) in [4.78, 5) is 24.9. The zero-order valence-electron chi connectivity index (χ0n) is 12.4. The maximum Gasteiger partial charge on any atom is 0.409 e. The molecule has 0 bridgehead atoms. The molecular formula is C14H21N3O4. The highest BCUT2D eigenvalue weighted by Crippen LogP contribution is 2.09. The Hall–Kier alpha value is -2.05. The molecule has 0 radical (unpaired) electrons. The molecule has 0 saturated carbocycles. The van der Waals surface area contributed by atoms with Crippen molar-refractivity contribution in [1.29, 1.82) is 0 Å². The van der Waals surface area contributed by atoms with Crippen molar-refractivity contribution in [1.82, 2.24) is 15.4 Å². The summed E-state index contributed by atoms with van der Waals surface area (Å²) in [7, 11) is 0. The lowest BCUT2D eigenvalue weighted by molar-refractivity contribution is 0.0716. The predicted molar refractivity (Wildman–Crippen MR) is 74.9 cm³/mol. The lowest BCUT2D eigenvalue weighted by atomic mass is 10.1. The molecule has 21 heavy (non-hydrogen) atoms. The van der Waals surface area contributed by atoms with Crippen LogP contribution in [0.5, 0.6) is 0 Å². The zero-order valence-corrected chi connectivity index (χ0v) is 12.4. The van der Waals surface area contributed by atoms with Crippen LogP contribution in [0.4, 0.5) is 4.79 Å². The molecular weight excluding hydrogens is 274 g/mol. The number of rotatable bonds is 6. The minimum absolute atomic E-state index is 0.201. The summed E-state index contributed by atoms with van der Waals surface area (Å²) in [6.07, 6.45) is 1.27. The van der Waals surface area contributed by atoms with Crippen LogP contribution in [0.2, 0.25) is 0 Å². The maximum absolute atomic E-state index is 11.9. The van der Waals surface area contributed by atoms with Gasteiger partial charge in [-0.3, -0.25) is 4.79 Å². The van der Waals surface area contributed by atoms with Crippen molar-refractivity contribution in [2.45, 2.75) is 26.7 Å². The van der Waals surface area contributed by atoms with Gasteiger partial charge in [-0.2, -0.15) is 0 Å². The van der Waals surface area contributed by atoms with Crippen LogP contribution < -0.4 is 5.32 Å². The molecule has 0 aliphatic carbocycles. The first-order chi connectivity index (χ1) is 10.1. The molecule has 1 saturated heterocycles. The third-order valence-electron chi connectivity index (χ3n) is 3.12. The van der Waals surface area contributed by atoms with E-state index in [1.54, 1.807) is 11.0 Å². The average Bonchev–Trinajstić information content (AvgIpc) is 2.88. The topological polar surface area (TPSA) is 84.7 Å². The van der Waals surface area contributed by atoms with Crippen molar-refractivity contribution in [2.75, 3.05) is 26.2 Å². The minimum Gasteiger partial charge on any atom is -0.449 e. The van der Waals surface area contributed by atoms with Gasteiger partial charge in [0.1, 0.15) is 0 Å². The van der Waals surface area contributed by atoms with Gasteiger partial charge in [0, 0.05) is 25.7 Å². The fourth-order valence-corrected chi connectivity index (χ4v) is 2.13. The normalized spacial score (nSPS) is 15.2. The Morgan fingerprint density at radius 2 is 2.33 bits per heavy atom. The van der Waals surface area contributed by atoms with Crippen LogP contribution in [0.1, 0.15) is 36.5 Å². The molecule has 116 valence electrons. The van der Waals surface area contributed by atoms with Gasteiger partial charge in [0.05, 0.1) is 12.3 Å². The van der Waals surface area contributed by atoms with E-state index in [9.17, 15) is 9.59 Å². The van der Waals surface area contributed by atoms with Crippen molar-refractivity contribution >= 4 is 12.0 Å². The first kappa shape index (κ1) is 15.3. The van der Waals surface area contributed by atoms with E-state index in [-0.39, 0.29) is 17.8 Å². The third-order valence-corrected chi connectivity index (χ3v) is 3.12. The van der Waals surface area contributed by atoms with Crippen LogP contribution >= 0.6 is 0 Å². The second kappa shape index (κ2) is 7.10. The van der Waals surface area contributed by atoms with Gasteiger partial charge < -0.3 is 19.5 Å². The molecule has 1 aliphatic rings. The number of amides is 2. The molecule has 2 rings (SSSR count). The fourth-order valence-electron chi connectivity index (χ4n) is 2.13. The van der Waals surface area contributed by atoms with E-state index >= 15 is 0 Å². The number of carbonyl (C=O) groups excluding carboxylic acids is 2. The number of hydrogen-bond donors (Lipinski definition) is 1. The van der Waals surface area contributed by atoms with Gasteiger partial charge in [-0.25, -0.2) is 4.79 Å². The standard InChI is InChI=1S/C14H21N3O4/c1-10(2)8-11-9-12(21-16-11)13(18)15-4-6-17-5-3-7-20-14(17)19/h9-10H,3-8H2,1-2H3,(H,15,18). The first-order valence-electron chi connectivity index (χ1n) is 7.21. The molecule has 0 unspecified atom stereocenters. The number of aromatic nitrogens is 1. The largest absolute Gasteiger partial charge is 0.449 e. The van der Waals surface area contributed by atoms with Gasteiger partial charge in [0.2, 0.25) is 5.76 Å². The molecule has 1 aliphatic heterocycles. The fraction of sp³-hybridized carbons (Fsp3) is 0.643. The van der Waals surface area contributed by atoms with Crippen molar-refractivity contribution in [3.8, 4) is 0 Å². The Bertz CT molecular complexity index is 498. The van der Waals surface area contributed by atoms with Gasteiger partial charge >= 0.3 is 6.09 Å². The van der Waals surface area contributed by atoms with E-state index in [1.807, 2.05) is 0 Å². The molecule has 2 amide bonds. The van der Waals surface area contributed by atoms with Crippen LogP contribution in [-0.4, -0.2) is 48.3 Å². The van der Waals surface area contributed by atoms with Crippen molar-refractivity contribution < 1.29 is 18.8 Å². The highest BCUT2D eigenvalue weighted by molar-refractivity contribution is 5.91. The number of hydrogen-bond acceptors (Lipinski definition) is 5. The van der Waals surface area contributed by atoms with Crippen LogP contribution in [0.15, 0.2) is 10.6 Å². The van der Waals surface area contributed by atoms with Gasteiger partial charge in [-0.15, -0.1) is 0 Å². The first-order valence-corrected chi connectivity index (χ1v) is 7.21. The Balaban J connectivity index is 1.76. The number of cyclic esters (lactones) is 1.